The van der Waals surface area contributed by atoms with E-state index in [-0.39, 0.29) is 28.5 Å². The minimum Gasteiger partial charge on any atom is -0.462 e. The number of carbonyl (C=O) groups excluding carboxylic acids is 1. The first-order valence-electron chi connectivity index (χ1n) is 14.9. The molecule has 0 radical (unpaired) electrons. The molecule has 0 aromatic heterocycles. The zero-order valence-electron chi connectivity index (χ0n) is 23.8. The first-order chi connectivity index (χ1) is 16.3. The van der Waals surface area contributed by atoms with Crippen LogP contribution in [0.3, 0.4) is 0 Å². The summed E-state index contributed by atoms with van der Waals surface area (Å²) in [5, 5.41) is 10.3. The molecule has 5 aliphatic carbocycles. The largest absolute Gasteiger partial charge is 0.462 e. The smallest absolute Gasteiger partial charge is 0.302 e. The second kappa shape index (κ2) is 8.34. The highest BCUT2D eigenvalue weighted by molar-refractivity contribution is 5.66. The van der Waals surface area contributed by atoms with Crippen molar-refractivity contribution in [1.82, 2.24) is 0 Å². The lowest BCUT2D eigenvalue weighted by atomic mass is 9.43. The zero-order valence-corrected chi connectivity index (χ0v) is 23.8. The van der Waals surface area contributed by atoms with Gasteiger partial charge in [0.05, 0.1) is 5.60 Å². The summed E-state index contributed by atoms with van der Waals surface area (Å²) in [6.45, 7) is 16.7. The number of esters is 1. The van der Waals surface area contributed by atoms with E-state index in [1.807, 2.05) is 11.1 Å². The molecular weight excluding hydrogens is 432 g/mol. The molecule has 7 atom stereocenters. The van der Waals surface area contributed by atoms with Gasteiger partial charge in [-0.3, -0.25) is 4.79 Å². The molecule has 5 aliphatic rings. The third-order valence-electron chi connectivity index (χ3n) is 12.9. The third kappa shape index (κ3) is 3.88. The number of aliphatic hydroxyl groups is 1. The summed E-state index contributed by atoms with van der Waals surface area (Å²) in [4.78, 5) is 11.8. The van der Waals surface area contributed by atoms with Crippen LogP contribution in [0.1, 0.15) is 132 Å². The van der Waals surface area contributed by atoms with Crippen molar-refractivity contribution in [2.24, 2.45) is 39.4 Å². The summed E-state index contributed by atoms with van der Waals surface area (Å²) in [6, 6.07) is 0. The van der Waals surface area contributed by atoms with E-state index in [4.69, 9.17) is 4.74 Å². The molecule has 3 heteroatoms. The SMILES string of the molecule is CC(=O)O[C@H]1CC[C@]2(C)C3=C(CC[C@H]2C1(C)C)[C@]1(C)CC[C@H]([C@H](C)CCCC2(O)CC2)[C@@]1(C)CC3. The summed E-state index contributed by atoms with van der Waals surface area (Å²) >= 11 is 0. The minimum absolute atomic E-state index is 0.0250. The van der Waals surface area contributed by atoms with Gasteiger partial charge in [-0.15, -0.1) is 0 Å². The van der Waals surface area contributed by atoms with E-state index in [0.717, 1.165) is 43.9 Å². The summed E-state index contributed by atoms with van der Waals surface area (Å²) in [6.07, 6.45) is 15.5. The van der Waals surface area contributed by atoms with Crippen molar-refractivity contribution in [2.45, 2.75) is 144 Å². The van der Waals surface area contributed by atoms with Crippen LogP contribution in [0.15, 0.2) is 11.1 Å². The number of carbonyl (C=O) groups is 1. The van der Waals surface area contributed by atoms with Crippen molar-refractivity contribution >= 4 is 5.97 Å². The van der Waals surface area contributed by atoms with Gasteiger partial charge < -0.3 is 9.84 Å². The lowest BCUT2D eigenvalue weighted by molar-refractivity contribution is -0.167. The standard InChI is InChI=1S/C32H52O3/c1-21(9-8-15-32(34)19-20-32)23-12-17-31(7)25-10-11-26-28(3,4)27(35-22(2)33)14-16-29(26,5)24(25)13-18-30(23,31)6/h21,23,26-27,34H,8-20H2,1-7H3/t21-,23-,26+,27+,29-,30-,31+/m1/s1. The molecule has 0 unspecified atom stereocenters. The highest BCUT2D eigenvalue weighted by Crippen LogP contribution is 2.72. The maximum absolute atomic E-state index is 11.8. The number of fused-ring (bicyclic) bond motifs is 4. The Hall–Kier alpha value is -0.830. The molecule has 0 bridgehead atoms. The molecule has 1 N–H and O–H groups in total. The van der Waals surface area contributed by atoms with Gasteiger partial charge in [0.25, 0.3) is 0 Å². The predicted octanol–water partition coefficient (Wildman–Crippen LogP) is 8.00. The Morgan fingerprint density at radius 3 is 2.34 bits per heavy atom. The van der Waals surface area contributed by atoms with Crippen LogP contribution >= 0.6 is 0 Å². The number of allylic oxidation sites excluding steroid dienone is 2. The number of hydrogen-bond donors (Lipinski definition) is 1. The molecule has 198 valence electrons. The van der Waals surface area contributed by atoms with Gasteiger partial charge in [0.15, 0.2) is 0 Å². The van der Waals surface area contributed by atoms with Gasteiger partial charge in [-0.25, -0.2) is 0 Å². The molecule has 3 fully saturated rings. The van der Waals surface area contributed by atoms with Crippen molar-refractivity contribution in [3.63, 3.8) is 0 Å². The van der Waals surface area contributed by atoms with Gasteiger partial charge in [-0.2, -0.15) is 0 Å². The van der Waals surface area contributed by atoms with Crippen molar-refractivity contribution in [2.75, 3.05) is 0 Å². The van der Waals surface area contributed by atoms with E-state index in [0.29, 0.717) is 16.7 Å². The average Bonchev–Trinajstić information content (AvgIpc) is 3.42. The monoisotopic (exact) mass is 484 g/mol. The van der Waals surface area contributed by atoms with Crippen LogP contribution in [0, 0.1) is 39.4 Å². The Balaban J connectivity index is 1.38. The van der Waals surface area contributed by atoms with Crippen molar-refractivity contribution in [3.05, 3.63) is 11.1 Å². The van der Waals surface area contributed by atoms with Crippen molar-refractivity contribution in [3.8, 4) is 0 Å². The van der Waals surface area contributed by atoms with E-state index in [9.17, 15) is 9.90 Å². The Labute approximate surface area is 214 Å². The maximum atomic E-state index is 11.8. The second-order valence-electron chi connectivity index (χ2n) is 14.9. The van der Waals surface area contributed by atoms with Gasteiger partial charge in [-0.1, -0.05) is 65.5 Å². The molecule has 0 aromatic rings. The molecular formula is C32H52O3. The van der Waals surface area contributed by atoms with E-state index < -0.39 is 0 Å². The lowest BCUT2D eigenvalue weighted by Gasteiger charge is -2.62. The molecule has 0 heterocycles. The average molecular weight is 485 g/mol. The number of ether oxygens (including phenoxy) is 1. The number of hydrogen-bond acceptors (Lipinski definition) is 3. The fourth-order valence-electron chi connectivity index (χ4n) is 10.4. The van der Waals surface area contributed by atoms with Gasteiger partial charge in [-0.05, 0) is 105 Å². The predicted molar refractivity (Wildman–Crippen MR) is 142 cm³/mol. The van der Waals surface area contributed by atoms with Crippen LogP contribution in [0.25, 0.3) is 0 Å². The summed E-state index contributed by atoms with van der Waals surface area (Å²) in [7, 11) is 0. The summed E-state index contributed by atoms with van der Waals surface area (Å²) < 4.78 is 5.87. The van der Waals surface area contributed by atoms with E-state index in [1.54, 1.807) is 6.92 Å². The van der Waals surface area contributed by atoms with Gasteiger partial charge >= 0.3 is 5.97 Å². The molecule has 0 saturated heterocycles. The molecule has 3 saturated carbocycles. The van der Waals surface area contributed by atoms with Crippen molar-refractivity contribution < 1.29 is 14.6 Å². The molecule has 3 nitrogen and oxygen atoms in total. The van der Waals surface area contributed by atoms with Crippen LogP contribution in [0.5, 0.6) is 0 Å². The second-order valence-corrected chi connectivity index (χ2v) is 14.9. The highest BCUT2D eigenvalue weighted by atomic mass is 16.5. The summed E-state index contributed by atoms with van der Waals surface area (Å²) in [5.41, 5.74) is 4.36. The third-order valence-corrected chi connectivity index (χ3v) is 12.9. The molecule has 0 aromatic carbocycles. The Bertz CT molecular complexity index is 896. The Morgan fingerprint density at radius 2 is 1.69 bits per heavy atom. The van der Waals surface area contributed by atoms with Gasteiger partial charge in [0, 0.05) is 12.3 Å². The van der Waals surface area contributed by atoms with E-state index in [1.165, 1.54) is 51.4 Å². The quantitative estimate of drug-likeness (QED) is 0.307. The molecule has 0 amide bonds. The lowest BCUT2D eigenvalue weighted by Crippen LogP contribution is -2.55. The fraction of sp³-hybridized carbons (Fsp3) is 0.906. The normalized spacial score (nSPS) is 44.2. The van der Waals surface area contributed by atoms with Crippen molar-refractivity contribution in [1.29, 1.82) is 0 Å². The van der Waals surface area contributed by atoms with Gasteiger partial charge in [0.2, 0.25) is 0 Å². The molecule has 0 spiro atoms. The van der Waals surface area contributed by atoms with E-state index >= 15 is 0 Å². The highest BCUT2D eigenvalue weighted by Gasteiger charge is 2.63. The first-order valence-corrected chi connectivity index (χ1v) is 14.9. The Kier molecular flexibility index (Phi) is 6.15. The maximum Gasteiger partial charge on any atom is 0.302 e. The first kappa shape index (κ1) is 25.8. The summed E-state index contributed by atoms with van der Waals surface area (Å²) in [5.74, 6) is 2.01. The zero-order chi connectivity index (χ0) is 25.4. The molecule has 35 heavy (non-hydrogen) atoms. The number of rotatable bonds is 6. The van der Waals surface area contributed by atoms with Gasteiger partial charge in [0.1, 0.15) is 6.10 Å². The van der Waals surface area contributed by atoms with Crippen LogP contribution in [-0.2, 0) is 9.53 Å². The van der Waals surface area contributed by atoms with Crippen LogP contribution < -0.4 is 0 Å². The topological polar surface area (TPSA) is 46.5 Å². The Morgan fingerprint density at radius 1 is 0.971 bits per heavy atom. The van der Waals surface area contributed by atoms with E-state index in [2.05, 4.69) is 41.5 Å². The fourth-order valence-corrected chi connectivity index (χ4v) is 10.4. The van der Waals surface area contributed by atoms with Crippen LogP contribution in [0.4, 0.5) is 0 Å². The van der Waals surface area contributed by atoms with Crippen LogP contribution in [-0.4, -0.2) is 22.8 Å². The molecule has 5 rings (SSSR count). The minimum atomic E-state index is -0.297. The van der Waals surface area contributed by atoms with Crippen LogP contribution in [0.2, 0.25) is 0 Å². The molecule has 0 aliphatic heterocycles.